The van der Waals surface area contributed by atoms with E-state index >= 15 is 0 Å². The number of rotatable bonds is 9. The highest BCUT2D eigenvalue weighted by atomic mass is 32.2. The Kier molecular flexibility index (Phi) is 8.83. The zero-order chi connectivity index (χ0) is 28.6. The fourth-order valence-corrected chi connectivity index (χ4v) is 5.20. The van der Waals surface area contributed by atoms with Gasteiger partial charge in [0.05, 0.1) is 46.1 Å². The molecule has 1 unspecified atom stereocenters. The number of hydrogen-bond donors (Lipinski definition) is 3. The molecule has 0 aromatic heterocycles. The summed E-state index contributed by atoms with van der Waals surface area (Å²) in [5.74, 6) is -1.23. The molecule has 0 spiro atoms. The number of allylic oxidation sites excluding steroid dienone is 2. The molecule has 10 nitrogen and oxygen atoms in total. The topological polar surface area (TPSA) is 146 Å². The van der Waals surface area contributed by atoms with Crippen LogP contribution in [0.1, 0.15) is 18.4 Å². The SMILES string of the molecule is COc1ccccc1NC(=O)C1=C(C)NC(SCC(=O)Nc2ccccc2[N+](=O)[O-])=C(C#N)C1c1ccccc1. The van der Waals surface area contributed by atoms with Crippen LogP contribution < -0.4 is 20.7 Å². The van der Waals surface area contributed by atoms with Crippen LogP contribution in [0.3, 0.4) is 0 Å². The average Bonchev–Trinajstić information content (AvgIpc) is 2.96. The first kappa shape index (κ1) is 27.9. The fourth-order valence-electron chi connectivity index (χ4n) is 4.31. The third-order valence-corrected chi connectivity index (χ3v) is 7.12. The number of carbonyl (C=O) groups excluding carboxylic acids is 2. The Morgan fingerprint density at radius 2 is 1.68 bits per heavy atom. The normalized spacial score (nSPS) is 14.6. The van der Waals surface area contributed by atoms with Crippen molar-refractivity contribution < 1.29 is 19.2 Å². The summed E-state index contributed by atoms with van der Waals surface area (Å²) < 4.78 is 5.36. The third-order valence-electron chi connectivity index (χ3n) is 6.10. The minimum absolute atomic E-state index is 0.0812. The number of hydrogen-bond acceptors (Lipinski definition) is 8. The molecule has 1 aliphatic rings. The summed E-state index contributed by atoms with van der Waals surface area (Å²) in [7, 11) is 1.51. The molecule has 202 valence electrons. The summed E-state index contributed by atoms with van der Waals surface area (Å²) in [6.45, 7) is 1.73. The van der Waals surface area contributed by atoms with Crippen molar-refractivity contribution in [1.82, 2.24) is 5.32 Å². The van der Waals surface area contributed by atoms with Gasteiger partial charge in [0.15, 0.2) is 0 Å². The molecule has 0 aliphatic carbocycles. The highest BCUT2D eigenvalue weighted by molar-refractivity contribution is 8.03. The Balaban J connectivity index is 1.62. The molecule has 4 rings (SSSR count). The molecule has 1 atom stereocenters. The van der Waals surface area contributed by atoms with Crippen molar-refractivity contribution in [1.29, 1.82) is 5.26 Å². The number of ether oxygens (including phenoxy) is 1. The lowest BCUT2D eigenvalue weighted by molar-refractivity contribution is -0.383. The van der Waals surface area contributed by atoms with Crippen molar-refractivity contribution in [2.45, 2.75) is 12.8 Å². The number of thioether (sulfide) groups is 1. The van der Waals surface area contributed by atoms with E-state index in [1.807, 2.05) is 30.3 Å². The minimum Gasteiger partial charge on any atom is -0.495 e. The molecule has 2 amide bonds. The van der Waals surface area contributed by atoms with Gasteiger partial charge in [-0.3, -0.25) is 19.7 Å². The van der Waals surface area contributed by atoms with E-state index in [9.17, 15) is 25.0 Å². The number of nitriles is 1. The van der Waals surface area contributed by atoms with E-state index in [-0.39, 0.29) is 22.7 Å². The lowest BCUT2D eigenvalue weighted by atomic mass is 9.82. The lowest BCUT2D eigenvalue weighted by Gasteiger charge is -2.30. The van der Waals surface area contributed by atoms with Crippen LogP contribution in [0, 0.1) is 21.4 Å². The first-order chi connectivity index (χ1) is 19.3. The zero-order valence-corrected chi connectivity index (χ0v) is 22.5. The van der Waals surface area contributed by atoms with Crippen LogP contribution in [0.4, 0.5) is 17.1 Å². The first-order valence-corrected chi connectivity index (χ1v) is 13.1. The zero-order valence-electron chi connectivity index (χ0n) is 21.6. The maximum Gasteiger partial charge on any atom is 0.292 e. The summed E-state index contributed by atoms with van der Waals surface area (Å²) in [5.41, 5.74) is 2.21. The van der Waals surface area contributed by atoms with Gasteiger partial charge in [0, 0.05) is 17.3 Å². The number of dihydropyridines is 1. The second kappa shape index (κ2) is 12.6. The van der Waals surface area contributed by atoms with Gasteiger partial charge in [-0.05, 0) is 30.7 Å². The Morgan fingerprint density at radius 3 is 2.35 bits per heavy atom. The van der Waals surface area contributed by atoms with Gasteiger partial charge >= 0.3 is 0 Å². The molecular weight excluding hydrogens is 530 g/mol. The van der Waals surface area contributed by atoms with E-state index in [1.54, 1.807) is 37.3 Å². The van der Waals surface area contributed by atoms with Crippen LogP contribution in [-0.2, 0) is 9.59 Å². The highest BCUT2D eigenvalue weighted by Crippen LogP contribution is 2.41. The number of nitro groups is 1. The van der Waals surface area contributed by atoms with Crippen molar-refractivity contribution in [3.63, 3.8) is 0 Å². The van der Waals surface area contributed by atoms with E-state index < -0.39 is 22.7 Å². The Hall–Kier alpha value is -5.08. The molecule has 3 N–H and O–H groups in total. The summed E-state index contributed by atoms with van der Waals surface area (Å²) in [6, 6.07) is 24.3. The number of nitro benzene ring substituents is 1. The van der Waals surface area contributed by atoms with Crippen LogP contribution in [0.15, 0.2) is 101 Å². The van der Waals surface area contributed by atoms with Gasteiger partial charge in [0.25, 0.3) is 11.6 Å². The number of amides is 2. The molecule has 0 saturated carbocycles. The smallest absolute Gasteiger partial charge is 0.292 e. The third kappa shape index (κ3) is 6.14. The van der Waals surface area contributed by atoms with Gasteiger partial charge in [-0.2, -0.15) is 5.26 Å². The quantitative estimate of drug-likeness (QED) is 0.238. The fraction of sp³-hybridized carbons (Fsp3) is 0.138. The molecule has 0 bridgehead atoms. The standard InChI is InChI=1S/C29H25N5O5S/c1-18-26(28(36)33-22-13-7-9-15-24(22)39-2)27(19-10-4-3-5-11-19)20(16-30)29(31-18)40-17-25(35)32-21-12-6-8-14-23(21)34(37)38/h3-15,27,31H,17H2,1-2H3,(H,32,35)(H,33,36). The highest BCUT2D eigenvalue weighted by Gasteiger charge is 2.35. The van der Waals surface area contributed by atoms with Crippen molar-refractivity contribution in [3.8, 4) is 11.8 Å². The second-order valence-corrected chi connectivity index (χ2v) is 9.61. The van der Waals surface area contributed by atoms with E-state index in [4.69, 9.17) is 4.74 Å². The predicted molar refractivity (Wildman–Crippen MR) is 153 cm³/mol. The predicted octanol–water partition coefficient (Wildman–Crippen LogP) is 5.31. The summed E-state index contributed by atoms with van der Waals surface area (Å²) >= 11 is 1.08. The molecule has 40 heavy (non-hydrogen) atoms. The van der Waals surface area contributed by atoms with Gasteiger partial charge in [-0.1, -0.05) is 66.4 Å². The van der Waals surface area contributed by atoms with E-state index in [0.29, 0.717) is 27.7 Å². The van der Waals surface area contributed by atoms with E-state index in [1.165, 1.54) is 25.3 Å². The number of methoxy groups -OCH3 is 1. The van der Waals surface area contributed by atoms with E-state index in [2.05, 4.69) is 22.0 Å². The minimum atomic E-state index is -0.706. The average molecular weight is 556 g/mol. The van der Waals surface area contributed by atoms with Crippen molar-refractivity contribution in [3.05, 3.63) is 116 Å². The van der Waals surface area contributed by atoms with Gasteiger partial charge in [-0.15, -0.1) is 0 Å². The molecule has 0 radical (unpaired) electrons. The second-order valence-electron chi connectivity index (χ2n) is 8.63. The largest absolute Gasteiger partial charge is 0.495 e. The maximum absolute atomic E-state index is 13.6. The monoisotopic (exact) mass is 555 g/mol. The van der Waals surface area contributed by atoms with Gasteiger partial charge in [0.2, 0.25) is 5.91 Å². The molecule has 3 aromatic rings. The summed E-state index contributed by atoms with van der Waals surface area (Å²) in [5, 5.41) is 30.5. The van der Waals surface area contributed by atoms with Crippen LogP contribution in [0.25, 0.3) is 0 Å². The number of nitrogens with zero attached hydrogens (tertiary/aromatic N) is 2. The van der Waals surface area contributed by atoms with Crippen LogP contribution in [0.2, 0.25) is 0 Å². The van der Waals surface area contributed by atoms with Gasteiger partial charge in [0.1, 0.15) is 11.4 Å². The Morgan fingerprint density at radius 1 is 1.02 bits per heavy atom. The lowest BCUT2D eigenvalue weighted by Crippen LogP contribution is -2.31. The summed E-state index contributed by atoms with van der Waals surface area (Å²) in [6.07, 6.45) is 0. The van der Waals surface area contributed by atoms with Crippen molar-refractivity contribution in [2.24, 2.45) is 0 Å². The molecule has 1 heterocycles. The molecular formula is C29H25N5O5S. The molecule has 0 saturated heterocycles. The number of benzene rings is 3. The molecule has 11 heteroatoms. The van der Waals surface area contributed by atoms with Crippen LogP contribution in [0.5, 0.6) is 5.75 Å². The Bertz CT molecular complexity index is 1560. The first-order valence-electron chi connectivity index (χ1n) is 12.1. The summed E-state index contributed by atoms with van der Waals surface area (Å²) in [4.78, 5) is 37.1. The van der Waals surface area contributed by atoms with Crippen LogP contribution in [-0.4, -0.2) is 29.6 Å². The van der Waals surface area contributed by atoms with E-state index in [0.717, 1.165) is 17.3 Å². The molecule has 1 aliphatic heterocycles. The number of anilines is 2. The Labute approximate surface area is 234 Å². The van der Waals surface area contributed by atoms with Crippen molar-refractivity contribution >= 4 is 40.6 Å². The van der Waals surface area contributed by atoms with Crippen LogP contribution >= 0.6 is 11.8 Å². The molecule has 0 fully saturated rings. The number of nitrogens with one attached hydrogen (secondary N) is 3. The van der Waals surface area contributed by atoms with Gasteiger partial charge in [-0.25, -0.2) is 0 Å². The van der Waals surface area contributed by atoms with Crippen molar-refractivity contribution in [2.75, 3.05) is 23.5 Å². The maximum atomic E-state index is 13.6. The molecule has 3 aromatic carbocycles. The van der Waals surface area contributed by atoms with Gasteiger partial charge < -0.3 is 20.7 Å². The number of carbonyl (C=O) groups is 2. The number of para-hydroxylation sites is 4.